The molecule has 0 aliphatic heterocycles. The number of nitrogens with two attached hydrogens (primary N) is 1. The number of hydrogen-bond acceptors (Lipinski definition) is 4. The van der Waals surface area contributed by atoms with E-state index in [-0.39, 0.29) is 17.2 Å². The number of aryl methyl sites for hydroxylation is 1. The van der Waals surface area contributed by atoms with E-state index in [2.05, 4.69) is 5.16 Å². The van der Waals surface area contributed by atoms with E-state index in [4.69, 9.17) is 16.4 Å². The molecule has 0 saturated carbocycles. The summed E-state index contributed by atoms with van der Waals surface area (Å²) < 4.78 is 13.0. The third-order valence-electron chi connectivity index (χ3n) is 2.33. The molecule has 0 amide bonds. The molecule has 0 bridgehead atoms. The minimum atomic E-state index is -0.721. The van der Waals surface area contributed by atoms with E-state index in [9.17, 15) is 4.39 Å². The van der Waals surface area contributed by atoms with E-state index in [0.717, 1.165) is 0 Å². The number of benzene rings is 1. The summed E-state index contributed by atoms with van der Waals surface area (Å²) >= 11 is 0. The summed E-state index contributed by atoms with van der Waals surface area (Å²) in [6, 6.07) is 3.68. The van der Waals surface area contributed by atoms with Crippen LogP contribution in [0.3, 0.4) is 0 Å². The van der Waals surface area contributed by atoms with E-state index in [1.807, 2.05) is 0 Å². The number of halogens is 1. The summed E-state index contributed by atoms with van der Waals surface area (Å²) in [5.74, 6) is -0.315. The van der Waals surface area contributed by atoms with Crippen LogP contribution >= 0.6 is 0 Å². The first-order chi connectivity index (χ1) is 7.47. The average Bonchev–Trinajstić information content (AvgIpc) is 2.22. The molecular weight excluding hydrogens is 209 g/mol. The Morgan fingerprint density at radius 2 is 2.19 bits per heavy atom. The van der Waals surface area contributed by atoms with Gasteiger partial charge in [0.2, 0.25) is 0 Å². The molecule has 0 aliphatic rings. The van der Waals surface area contributed by atoms with Gasteiger partial charge in [-0.2, -0.15) is 0 Å². The number of nitrogens with one attached hydrogen (secondary N) is 1. The fraction of sp³-hybridized carbons (Fsp3) is 0.273. The van der Waals surface area contributed by atoms with Gasteiger partial charge in [0.1, 0.15) is 11.5 Å². The molecular formula is C11H14FN3O. The van der Waals surface area contributed by atoms with Gasteiger partial charge in [0.15, 0.2) is 0 Å². The van der Waals surface area contributed by atoms with Gasteiger partial charge >= 0.3 is 0 Å². The maximum atomic E-state index is 13.0. The summed E-state index contributed by atoms with van der Waals surface area (Å²) in [6.45, 7) is 3.10. The Morgan fingerprint density at radius 3 is 2.62 bits per heavy atom. The first kappa shape index (κ1) is 12.3. The molecule has 4 nitrogen and oxygen atoms in total. The molecule has 16 heavy (non-hydrogen) atoms. The number of nitrogens with zero attached hydrogens (tertiary/aromatic N) is 1. The van der Waals surface area contributed by atoms with Gasteiger partial charge in [-0.05, 0) is 31.0 Å². The Bertz CT molecular complexity index is 443. The predicted molar refractivity (Wildman–Crippen MR) is 60.7 cm³/mol. The van der Waals surface area contributed by atoms with Crippen molar-refractivity contribution in [2.24, 2.45) is 10.9 Å². The molecule has 0 spiro atoms. The van der Waals surface area contributed by atoms with Crippen molar-refractivity contribution in [2.75, 3.05) is 0 Å². The molecule has 0 radical (unpaired) electrons. The molecule has 0 fully saturated rings. The lowest BCUT2D eigenvalue weighted by Gasteiger charge is -2.13. The first-order valence-corrected chi connectivity index (χ1v) is 4.76. The van der Waals surface area contributed by atoms with Crippen LogP contribution in [0.5, 0.6) is 0 Å². The van der Waals surface area contributed by atoms with Crippen LogP contribution in [-0.4, -0.2) is 16.6 Å². The van der Waals surface area contributed by atoms with Crippen LogP contribution in [0.25, 0.3) is 0 Å². The van der Waals surface area contributed by atoms with Crippen LogP contribution in [0.1, 0.15) is 24.1 Å². The topological polar surface area (TPSA) is 82.5 Å². The van der Waals surface area contributed by atoms with Crippen LogP contribution in [0.4, 0.5) is 4.39 Å². The van der Waals surface area contributed by atoms with Gasteiger partial charge in [-0.3, -0.25) is 0 Å². The van der Waals surface area contributed by atoms with Gasteiger partial charge in [-0.1, -0.05) is 17.3 Å². The fourth-order valence-electron chi connectivity index (χ4n) is 1.39. The zero-order valence-corrected chi connectivity index (χ0v) is 9.16. The normalized spacial score (nSPS) is 13.6. The molecule has 86 valence electrons. The summed E-state index contributed by atoms with van der Waals surface area (Å²) in [5, 5.41) is 19.1. The second-order valence-electron chi connectivity index (χ2n) is 3.60. The van der Waals surface area contributed by atoms with Gasteiger partial charge in [0, 0.05) is 0 Å². The van der Waals surface area contributed by atoms with Crippen molar-refractivity contribution in [1.82, 2.24) is 0 Å². The molecule has 0 saturated heterocycles. The zero-order valence-electron chi connectivity index (χ0n) is 9.16. The molecule has 1 rings (SSSR count). The largest absolute Gasteiger partial charge is 0.411 e. The van der Waals surface area contributed by atoms with Crippen LogP contribution in [0.15, 0.2) is 23.4 Å². The highest BCUT2D eigenvalue weighted by Gasteiger charge is 2.17. The average molecular weight is 223 g/mol. The van der Waals surface area contributed by atoms with E-state index in [1.54, 1.807) is 13.0 Å². The monoisotopic (exact) mass is 223 g/mol. The molecule has 1 aromatic rings. The Balaban J connectivity index is 3.09. The maximum Gasteiger partial charge on any atom is 0.126 e. The lowest BCUT2D eigenvalue weighted by molar-refractivity contribution is 0.318. The molecule has 0 heterocycles. The summed E-state index contributed by atoms with van der Waals surface area (Å²) in [4.78, 5) is 0. The van der Waals surface area contributed by atoms with Crippen molar-refractivity contribution in [3.05, 3.63) is 35.1 Å². The predicted octanol–water partition coefficient (Wildman–Crippen LogP) is 2.00. The van der Waals surface area contributed by atoms with E-state index < -0.39 is 6.04 Å². The molecule has 1 aromatic carbocycles. The molecule has 1 unspecified atom stereocenters. The van der Waals surface area contributed by atoms with Gasteiger partial charge in [-0.15, -0.1) is 0 Å². The SMILES string of the molecule is CC(=N)/C(=N\O)C(N)c1ccc(F)c(C)c1. The van der Waals surface area contributed by atoms with Crippen LogP contribution in [-0.2, 0) is 0 Å². The third-order valence-corrected chi connectivity index (χ3v) is 2.33. The quantitative estimate of drug-likeness (QED) is 0.416. The molecule has 0 aliphatic carbocycles. The van der Waals surface area contributed by atoms with Gasteiger partial charge < -0.3 is 16.4 Å². The lowest BCUT2D eigenvalue weighted by Crippen LogP contribution is -2.26. The molecule has 0 aromatic heterocycles. The van der Waals surface area contributed by atoms with E-state index >= 15 is 0 Å². The minimum absolute atomic E-state index is 0.0750. The standard InChI is InChI=1S/C11H14FN3O/c1-6-5-8(3-4-9(6)12)10(14)11(15-16)7(2)13/h3-5,10,13,16H,14H2,1-2H3/b13-7?,15-11+. The van der Waals surface area contributed by atoms with Crippen LogP contribution < -0.4 is 5.73 Å². The Hall–Kier alpha value is -1.75. The zero-order chi connectivity index (χ0) is 12.3. The lowest BCUT2D eigenvalue weighted by atomic mass is 9.98. The van der Waals surface area contributed by atoms with Crippen molar-refractivity contribution >= 4 is 11.4 Å². The van der Waals surface area contributed by atoms with E-state index in [1.165, 1.54) is 19.1 Å². The Morgan fingerprint density at radius 1 is 1.56 bits per heavy atom. The minimum Gasteiger partial charge on any atom is -0.411 e. The summed E-state index contributed by atoms with van der Waals surface area (Å²) in [6.07, 6.45) is 0. The highest BCUT2D eigenvalue weighted by molar-refractivity contribution is 6.41. The van der Waals surface area contributed by atoms with Crippen molar-refractivity contribution in [1.29, 1.82) is 5.41 Å². The molecule has 1 atom stereocenters. The second kappa shape index (κ2) is 4.85. The number of rotatable bonds is 3. The number of hydrogen-bond donors (Lipinski definition) is 3. The fourth-order valence-corrected chi connectivity index (χ4v) is 1.39. The highest BCUT2D eigenvalue weighted by atomic mass is 19.1. The third kappa shape index (κ3) is 2.43. The summed E-state index contributed by atoms with van der Waals surface area (Å²) in [7, 11) is 0. The molecule has 5 heteroatoms. The van der Waals surface area contributed by atoms with Gasteiger partial charge in [0.25, 0.3) is 0 Å². The van der Waals surface area contributed by atoms with Crippen molar-refractivity contribution in [2.45, 2.75) is 19.9 Å². The first-order valence-electron chi connectivity index (χ1n) is 4.76. The summed E-state index contributed by atoms with van der Waals surface area (Å²) in [5.41, 5.74) is 7.05. The number of oxime groups is 1. The van der Waals surface area contributed by atoms with Crippen molar-refractivity contribution in [3.63, 3.8) is 0 Å². The Kier molecular flexibility index (Phi) is 3.73. The smallest absolute Gasteiger partial charge is 0.126 e. The van der Waals surface area contributed by atoms with Crippen LogP contribution in [0.2, 0.25) is 0 Å². The van der Waals surface area contributed by atoms with E-state index in [0.29, 0.717) is 11.1 Å². The Labute approximate surface area is 93.1 Å². The molecule has 4 N–H and O–H groups in total. The van der Waals surface area contributed by atoms with Gasteiger partial charge in [0.05, 0.1) is 11.8 Å². The van der Waals surface area contributed by atoms with Gasteiger partial charge in [-0.25, -0.2) is 4.39 Å². The van der Waals surface area contributed by atoms with Crippen molar-refractivity contribution < 1.29 is 9.60 Å². The highest BCUT2D eigenvalue weighted by Crippen LogP contribution is 2.16. The van der Waals surface area contributed by atoms with Crippen molar-refractivity contribution in [3.8, 4) is 0 Å². The maximum absolute atomic E-state index is 13.0. The second-order valence-corrected chi connectivity index (χ2v) is 3.60. The van der Waals surface area contributed by atoms with Crippen LogP contribution in [0, 0.1) is 18.2 Å².